The molecule has 0 radical (unpaired) electrons. The summed E-state index contributed by atoms with van der Waals surface area (Å²) in [6.45, 7) is 4.66. The lowest BCUT2D eigenvalue weighted by molar-refractivity contribution is 0.0866. The van der Waals surface area contributed by atoms with E-state index >= 15 is 0 Å². The summed E-state index contributed by atoms with van der Waals surface area (Å²) in [5, 5.41) is 12.7. The average molecular weight is 378 g/mol. The molecule has 3 rings (SSSR count). The minimum absolute atomic E-state index is 0.0639. The van der Waals surface area contributed by atoms with E-state index in [2.05, 4.69) is 20.3 Å². The normalized spacial score (nSPS) is 15.0. The molecule has 2 aromatic rings. The summed E-state index contributed by atoms with van der Waals surface area (Å²) in [5.41, 5.74) is 2.35. The highest BCUT2D eigenvalue weighted by molar-refractivity contribution is 6.29. The molecule has 9 heteroatoms. The Morgan fingerprint density at radius 3 is 2.69 bits per heavy atom. The highest BCUT2D eigenvalue weighted by atomic mass is 35.5. The smallest absolute Gasteiger partial charge is 0.407 e. The molecular weight excluding hydrogens is 358 g/mol. The first-order chi connectivity index (χ1) is 12.4. The van der Waals surface area contributed by atoms with Crippen LogP contribution in [0.4, 0.5) is 16.3 Å². The quantitative estimate of drug-likeness (QED) is 0.787. The molecule has 26 heavy (non-hydrogen) atoms. The van der Waals surface area contributed by atoms with Gasteiger partial charge in [0.1, 0.15) is 23.4 Å². The van der Waals surface area contributed by atoms with Crippen LogP contribution < -0.4 is 10.1 Å². The SMILES string of the molecule is Cc1nc(Cl)ccc1Nc1ncnc(OC2CCN(C(=O)O)CC2)c1C. The standard InChI is InChI=1S/C17H20ClN5O3/c1-10-15(22-13-3-4-14(18)21-11(13)2)19-9-20-16(10)26-12-5-7-23(8-6-12)17(24)25/h3-4,9,12H,5-8H2,1-2H3,(H,24,25)(H,19,20,22). The van der Waals surface area contributed by atoms with Gasteiger partial charge in [-0.15, -0.1) is 0 Å². The third kappa shape index (κ3) is 4.13. The Morgan fingerprint density at radius 1 is 1.31 bits per heavy atom. The molecule has 0 aromatic carbocycles. The molecule has 2 N–H and O–H groups in total. The molecule has 138 valence electrons. The number of aromatic nitrogens is 3. The number of likely N-dealkylation sites (tertiary alicyclic amines) is 1. The maximum atomic E-state index is 11.0. The second-order valence-corrected chi connectivity index (χ2v) is 6.52. The van der Waals surface area contributed by atoms with Crippen LogP contribution in [0.3, 0.4) is 0 Å². The Morgan fingerprint density at radius 2 is 2.04 bits per heavy atom. The fourth-order valence-electron chi connectivity index (χ4n) is 2.79. The fraction of sp³-hybridized carbons (Fsp3) is 0.412. The van der Waals surface area contributed by atoms with E-state index in [9.17, 15) is 4.79 Å². The van der Waals surface area contributed by atoms with Crippen LogP contribution >= 0.6 is 11.6 Å². The number of aryl methyl sites for hydroxylation is 1. The summed E-state index contributed by atoms with van der Waals surface area (Å²) in [7, 11) is 0. The van der Waals surface area contributed by atoms with Gasteiger partial charge in [-0.25, -0.2) is 19.7 Å². The van der Waals surface area contributed by atoms with Gasteiger partial charge in [-0.1, -0.05) is 11.6 Å². The van der Waals surface area contributed by atoms with Crippen LogP contribution in [0.25, 0.3) is 0 Å². The van der Waals surface area contributed by atoms with E-state index < -0.39 is 6.09 Å². The number of ether oxygens (including phenoxy) is 1. The van der Waals surface area contributed by atoms with Crippen molar-refractivity contribution in [3.05, 3.63) is 34.9 Å². The summed E-state index contributed by atoms with van der Waals surface area (Å²) in [4.78, 5) is 25.1. The van der Waals surface area contributed by atoms with Crippen molar-refractivity contribution in [3.8, 4) is 5.88 Å². The van der Waals surface area contributed by atoms with E-state index in [0.29, 0.717) is 42.8 Å². The molecule has 3 heterocycles. The second-order valence-electron chi connectivity index (χ2n) is 6.13. The third-order valence-corrected chi connectivity index (χ3v) is 4.54. The lowest BCUT2D eigenvalue weighted by Crippen LogP contribution is -2.41. The van der Waals surface area contributed by atoms with Crippen molar-refractivity contribution in [1.82, 2.24) is 19.9 Å². The molecule has 1 fully saturated rings. The molecule has 1 amide bonds. The number of amides is 1. The van der Waals surface area contributed by atoms with E-state index in [1.807, 2.05) is 19.9 Å². The first-order valence-electron chi connectivity index (χ1n) is 8.30. The highest BCUT2D eigenvalue weighted by Gasteiger charge is 2.24. The number of carboxylic acid groups (broad SMARTS) is 1. The van der Waals surface area contributed by atoms with E-state index in [0.717, 1.165) is 16.9 Å². The van der Waals surface area contributed by atoms with Crippen LogP contribution in [0.5, 0.6) is 5.88 Å². The van der Waals surface area contributed by atoms with Gasteiger partial charge in [-0.3, -0.25) is 0 Å². The number of halogens is 1. The number of pyridine rings is 1. The van der Waals surface area contributed by atoms with Gasteiger partial charge in [0, 0.05) is 25.9 Å². The van der Waals surface area contributed by atoms with Crippen LogP contribution in [-0.2, 0) is 0 Å². The topological polar surface area (TPSA) is 100 Å². The minimum Gasteiger partial charge on any atom is -0.474 e. The van der Waals surface area contributed by atoms with E-state index in [4.69, 9.17) is 21.4 Å². The second kappa shape index (κ2) is 7.74. The van der Waals surface area contributed by atoms with Gasteiger partial charge in [0.15, 0.2) is 0 Å². The zero-order chi connectivity index (χ0) is 18.7. The van der Waals surface area contributed by atoms with E-state index in [1.165, 1.54) is 11.2 Å². The number of anilines is 2. The lowest BCUT2D eigenvalue weighted by Gasteiger charge is -2.30. The molecule has 0 bridgehead atoms. The predicted octanol–water partition coefficient (Wildman–Crippen LogP) is 3.41. The first kappa shape index (κ1) is 18.2. The van der Waals surface area contributed by atoms with Crippen molar-refractivity contribution in [2.75, 3.05) is 18.4 Å². The number of piperidine rings is 1. The number of hydrogen-bond donors (Lipinski definition) is 2. The van der Waals surface area contributed by atoms with Crippen molar-refractivity contribution in [1.29, 1.82) is 0 Å². The number of carbonyl (C=O) groups is 1. The third-order valence-electron chi connectivity index (χ3n) is 4.33. The van der Waals surface area contributed by atoms with E-state index in [-0.39, 0.29) is 6.10 Å². The van der Waals surface area contributed by atoms with Crippen LogP contribution in [0.1, 0.15) is 24.1 Å². The highest BCUT2D eigenvalue weighted by Crippen LogP contribution is 2.27. The Bertz CT molecular complexity index is 809. The van der Waals surface area contributed by atoms with Crippen molar-refractivity contribution in [2.24, 2.45) is 0 Å². The fourth-order valence-corrected chi connectivity index (χ4v) is 2.98. The molecule has 0 unspecified atom stereocenters. The molecule has 1 aliphatic heterocycles. The largest absolute Gasteiger partial charge is 0.474 e. The predicted molar refractivity (Wildman–Crippen MR) is 97.3 cm³/mol. The van der Waals surface area contributed by atoms with Crippen molar-refractivity contribution in [3.63, 3.8) is 0 Å². The molecular formula is C17H20ClN5O3. The molecule has 0 spiro atoms. The lowest BCUT2D eigenvalue weighted by atomic mass is 10.1. The molecule has 1 saturated heterocycles. The number of nitrogens with zero attached hydrogens (tertiary/aromatic N) is 4. The molecule has 0 aliphatic carbocycles. The number of rotatable bonds is 4. The van der Waals surface area contributed by atoms with Crippen LogP contribution in [0, 0.1) is 13.8 Å². The minimum atomic E-state index is -0.889. The van der Waals surface area contributed by atoms with Crippen LogP contribution in [-0.4, -0.2) is 50.2 Å². The molecule has 8 nitrogen and oxygen atoms in total. The van der Waals surface area contributed by atoms with Gasteiger partial charge in [-0.05, 0) is 26.0 Å². The Hall–Kier alpha value is -2.61. The van der Waals surface area contributed by atoms with Crippen LogP contribution in [0.15, 0.2) is 18.5 Å². The summed E-state index contributed by atoms with van der Waals surface area (Å²) in [6, 6.07) is 3.55. The zero-order valence-electron chi connectivity index (χ0n) is 14.6. The molecule has 2 aromatic heterocycles. The van der Waals surface area contributed by atoms with Crippen molar-refractivity contribution in [2.45, 2.75) is 32.8 Å². The Kier molecular flexibility index (Phi) is 5.41. The summed E-state index contributed by atoms with van der Waals surface area (Å²) in [5.74, 6) is 1.13. The monoisotopic (exact) mass is 377 g/mol. The molecule has 1 aliphatic rings. The van der Waals surface area contributed by atoms with Gasteiger partial charge in [0.25, 0.3) is 0 Å². The first-order valence-corrected chi connectivity index (χ1v) is 8.68. The van der Waals surface area contributed by atoms with Gasteiger partial charge < -0.3 is 20.1 Å². The van der Waals surface area contributed by atoms with E-state index in [1.54, 1.807) is 6.07 Å². The van der Waals surface area contributed by atoms with Crippen molar-refractivity contribution >= 4 is 29.2 Å². The van der Waals surface area contributed by atoms with Gasteiger partial charge in [-0.2, -0.15) is 0 Å². The zero-order valence-corrected chi connectivity index (χ0v) is 15.3. The van der Waals surface area contributed by atoms with Gasteiger partial charge in [0.05, 0.1) is 16.9 Å². The maximum Gasteiger partial charge on any atom is 0.407 e. The Balaban J connectivity index is 1.70. The molecule has 0 atom stereocenters. The van der Waals surface area contributed by atoms with Gasteiger partial charge >= 0.3 is 6.09 Å². The molecule has 0 saturated carbocycles. The van der Waals surface area contributed by atoms with Gasteiger partial charge in [0.2, 0.25) is 5.88 Å². The summed E-state index contributed by atoms with van der Waals surface area (Å²) >= 11 is 5.89. The Labute approximate surface area is 156 Å². The van der Waals surface area contributed by atoms with Crippen molar-refractivity contribution < 1.29 is 14.6 Å². The summed E-state index contributed by atoms with van der Waals surface area (Å²) in [6.07, 6.45) is 1.76. The number of hydrogen-bond acceptors (Lipinski definition) is 6. The number of nitrogens with one attached hydrogen (secondary N) is 1. The maximum absolute atomic E-state index is 11.0. The average Bonchev–Trinajstić information content (AvgIpc) is 2.61. The van der Waals surface area contributed by atoms with Crippen LogP contribution in [0.2, 0.25) is 5.15 Å². The summed E-state index contributed by atoms with van der Waals surface area (Å²) < 4.78 is 5.99.